The lowest BCUT2D eigenvalue weighted by Gasteiger charge is -2.04. The van der Waals surface area contributed by atoms with E-state index in [9.17, 15) is 4.79 Å². The second-order valence-electron chi connectivity index (χ2n) is 3.78. The average Bonchev–Trinajstić information content (AvgIpc) is 3.02. The Bertz CT molecular complexity index is 390. The summed E-state index contributed by atoms with van der Waals surface area (Å²) >= 11 is 9.14. The second-order valence-corrected chi connectivity index (χ2v) is 5.04. The van der Waals surface area contributed by atoms with Gasteiger partial charge in [-0.2, -0.15) is 0 Å². The van der Waals surface area contributed by atoms with Gasteiger partial charge in [-0.05, 0) is 52.9 Å². The van der Waals surface area contributed by atoms with Crippen LogP contribution in [0.4, 0.5) is 0 Å². The molecule has 0 heterocycles. The highest BCUT2D eigenvalue weighted by Crippen LogP contribution is 2.28. The van der Waals surface area contributed by atoms with Gasteiger partial charge in [-0.3, -0.25) is 4.79 Å². The van der Waals surface area contributed by atoms with E-state index in [1.165, 1.54) is 12.8 Å². The summed E-state index contributed by atoms with van der Waals surface area (Å²) < 4.78 is 0.753. The van der Waals surface area contributed by atoms with E-state index in [0.29, 0.717) is 16.5 Å². The number of carbonyl (C=O) groups is 1. The summed E-state index contributed by atoms with van der Waals surface area (Å²) in [5.41, 5.74) is 0.645. The molecular weight excluding hydrogens is 277 g/mol. The van der Waals surface area contributed by atoms with Gasteiger partial charge in [-0.15, -0.1) is 0 Å². The van der Waals surface area contributed by atoms with Gasteiger partial charge in [0, 0.05) is 16.6 Å². The van der Waals surface area contributed by atoms with Gasteiger partial charge in [0.05, 0.1) is 5.02 Å². The second kappa shape index (κ2) is 4.54. The van der Waals surface area contributed by atoms with Crippen molar-refractivity contribution in [3.63, 3.8) is 0 Å². The minimum Gasteiger partial charge on any atom is -0.352 e. The zero-order chi connectivity index (χ0) is 10.8. The lowest BCUT2D eigenvalue weighted by Crippen LogP contribution is -2.25. The van der Waals surface area contributed by atoms with Crippen molar-refractivity contribution < 1.29 is 4.79 Å². The molecule has 1 N–H and O–H groups in total. The monoisotopic (exact) mass is 287 g/mol. The number of halogens is 2. The maximum atomic E-state index is 11.7. The smallest absolute Gasteiger partial charge is 0.251 e. The number of amides is 1. The largest absolute Gasteiger partial charge is 0.352 e. The van der Waals surface area contributed by atoms with Crippen molar-refractivity contribution in [2.75, 3.05) is 6.54 Å². The molecule has 2 nitrogen and oxygen atoms in total. The predicted molar refractivity (Wildman–Crippen MR) is 64.2 cm³/mol. The van der Waals surface area contributed by atoms with E-state index in [1.807, 2.05) is 0 Å². The third kappa shape index (κ3) is 2.95. The topological polar surface area (TPSA) is 29.1 Å². The molecule has 0 bridgehead atoms. The Morgan fingerprint density at radius 1 is 1.53 bits per heavy atom. The lowest BCUT2D eigenvalue weighted by atomic mass is 10.2. The molecule has 1 saturated carbocycles. The number of benzene rings is 1. The van der Waals surface area contributed by atoms with Gasteiger partial charge in [-0.1, -0.05) is 11.6 Å². The summed E-state index contributed by atoms with van der Waals surface area (Å²) in [5.74, 6) is 0.670. The minimum atomic E-state index is -0.0285. The summed E-state index contributed by atoms with van der Waals surface area (Å²) in [6.45, 7) is 0.791. The maximum Gasteiger partial charge on any atom is 0.251 e. The summed E-state index contributed by atoms with van der Waals surface area (Å²) in [5, 5.41) is 3.52. The fourth-order valence-corrected chi connectivity index (χ4v) is 1.79. The Hall–Kier alpha value is -0.540. The molecule has 80 valence electrons. The van der Waals surface area contributed by atoms with Crippen molar-refractivity contribution >= 4 is 33.4 Å². The molecule has 0 atom stereocenters. The van der Waals surface area contributed by atoms with Crippen LogP contribution in [0.15, 0.2) is 22.7 Å². The molecule has 1 aromatic rings. The first kappa shape index (κ1) is 11.0. The summed E-state index contributed by atoms with van der Waals surface area (Å²) in [6, 6.07) is 5.19. The fraction of sp³-hybridized carbons (Fsp3) is 0.364. The van der Waals surface area contributed by atoms with Crippen LogP contribution in [0, 0.1) is 5.92 Å². The zero-order valence-electron chi connectivity index (χ0n) is 8.09. The van der Waals surface area contributed by atoms with Crippen molar-refractivity contribution in [2.45, 2.75) is 12.8 Å². The molecule has 0 radical (unpaired) electrons. The highest BCUT2D eigenvalue weighted by molar-refractivity contribution is 9.10. The first-order valence-corrected chi connectivity index (χ1v) is 6.07. The van der Waals surface area contributed by atoms with Gasteiger partial charge in [0.1, 0.15) is 0 Å². The molecule has 2 rings (SSSR count). The van der Waals surface area contributed by atoms with E-state index < -0.39 is 0 Å². The molecule has 0 aromatic heterocycles. The molecule has 1 fully saturated rings. The van der Waals surface area contributed by atoms with E-state index >= 15 is 0 Å². The number of hydrogen-bond donors (Lipinski definition) is 1. The SMILES string of the molecule is O=C(NCC1CC1)c1ccc(Cl)c(Br)c1. The molecule has 4 heteroatoms. The molecule has 0 saturated heterocycles. The third-order valence-corrected chi connectivity index (χ3v) is 3.64. The molecular formula is C11H11BrClNO. The van der Waals surface area contributed by atoms with Gasteiger partial charge in [0.2, 0.25) is 0 Å². The van der Waals surface area contributed by atoms with Gasteiger partial charge < -0.3 is 5.32 Å². The van der Waals surface area contributed by atoms with Gasteiger partial charge >= 0.3 is 0 Å². The van der Waals surface area contributed by atoms with Gasteiger partial charge in [0.15, 0.2) is 0 Å². The van der Waals surface area contributed by atoms with E-state index in [-0.39, 0.29) is 5.91 Å². The van der Waals surface area contributed by atoms with Crippen LogP contribution >= 0.6 is 27.5 Å². The van der Waals surface area contributed by atoms with Crippen molar-refractivity contribution in [2.24, 2.45) is 5.92 Å². The first-order valence-electron chi connectivity index (χ1n) is 4.90. The molecule has 0 spiro atoms. The minimum absolute atomic E-state index is 0.0285. The van der Waals surface area contributed by atoms with Crippen LogP contribution in [0.3, 0.4) is 0 Å². The summed E-state index contributed by atoms with van der Waals surface area (Å²) in [4.78, 5) is 11.7. The van der Waals surface area contributed by atoms with Crippen LogP contribution in [0.1, 0.15) is 23.2 Å². The standard InChI is InChI=1S/C11H11BrClNO/c12-9-5-8(3-4-10(9)13)11(15)14-6-7-1-2-7/h3-5,7H,1-2,6H2,(H,14,15). The first-order chi connectivity index (χ1) is 7.16. The van der Waals surface area contributed by atoms with E-state index in [4.69, 9.17) is 11.6 Å². The molecule has 15 heavy (non-hydrogen) atoms. The van der Waals surface area contributed by atoms with E-state index in [0.717, 1.165) is 11.0 Å². The van der Waals surface area contributed by atoms with E-state index in [1.54, 1.807) is 18.2 Å². The van der Waals surface area contributed by atoms with Gasteiger partial charge in [0.25, 0.3) is 5.91 Å². The van der Waals surface area contributed by atoms with Crippen LogP contribution in [-0.4, -0.2) is 12.5 Å². The molecule has 1 aliphatic rings. The third-order valence-electron chi connectivity index (χ3n) is 2.43. The van der Waals surface area contributed by atoms with Crippen LogP contribution in [0.5, 0.6) is 0 Å². The predicted octanol–water partition coefficient (Wildman–Crippen LogP) is 3.24. The number of rotatable bonds is 3. The number of nitrogens with one attached hydrogen (secondary N) is 1. The Balaban J connectivity index is 2.00. The van der Waals surface area contributed by atoms with Crippen LogP contribution in [0.25, 0.3) is 0 Å². The van der Waals surface area contributed by atoms with E-state index in [2.05, 4.69) is 21.2 Å². The quantitative estimate of drug-likeness (QED) is 0.909. The average molecular weight is 289 g/mol. The Morgan fingerprint density at radius 2 is 2.27 bits per heavy atom. The summed E-state index contributed by atoms with van der Waals surface area (Å²) in [7, 11) is 0. The van der Waals surface area contributed by atoms with Crippen LogP contribution < -0.4 is 5.32 Å². The number of hydrogen-bond acceptors (Lipinski definition) is 1. The van der Waals surface area contributed by atoms with Crippen molar-refractivity contribution in [3.05, 3.63) is 33.3 Å². The highest BCUT2D eigenvalue weighted by Gasteiger charge is 2.21. The van der Waals surface area contributed by atoms with Crippen molar-refractivity contribution in [1.82, 2.24) is 5.32 Å². The van der Waals surface area contributed by atoms with Crippen molar-refractivity contribution in [1.29, 1.82) is 0 Å². The molecule has 1 amide bonds. The Labute approximate surface area is 102 Å². The zero-order valence-corrected chi connectivity index (χ0v) is 10.4. The highest BCUT2D eigenvalue weighted by atomic mass is 79.9. The summed E-state index contributed by atoms with van der Waals surface area (Å²) in [6.07, 6.45) is 2.48. The Kier molecular flexibility index (Phi) is 3.32. The van der Waals surface area contributed by atoms with Crippen molar-refractivity contribution in [3.8, 4) is 0 Å². The van der Waals surface area contributed by atoms with Gasteiger partial charge in [-0.25, -0.2) is 0 Å². The van der Waals surface area contributed by atoms with Crippen LogP contribution in [0.2, 0.25) is 5.02 Å². The molecule has 1 aromatic carbocycles. The molecule has 0 aliphatic heterocycles. The fourth-order valence-electron chi connectivity index (χ4n) is 1.30. The Morgan fingerprint density at radius 3 is 2.87 bits per heavy atom. The maximum absolute atomic E-state index is 11.7. The van der Waals surface area contributed by atoms with Crippen LogP contribution in [-0.2, 0) is 0 Å². The molecule has 1 aliphatic carbocycles. The molecule has 0 unspecified atom stereocenters. The lowest BCUT2D eigenvalue weighted by molar-refractivity contribution is 0.0952. The number of carbonyl (C=O) groups excluding carboxylic acids is 1. The normalized spacial score (nSPS) is 15.1.